The maximum absolute atomic E-state index is 12.0. The molecule has 0 saturated heterocycles. The number of rotatable bonds is 6. The molecule has 2 rings (SSSR count). The number of carbonyl (C=O) groups is 1. The summed E-state index contributed by atoms with van der Waals surface area (Å²) < 4.78 is 5.46. The minimum absolute atomic E-state index is 0.0210. The van der Waals surface area contributed by atoms with Crippen molar-refractivity contribution in [2.45, 2.75) is 20.0 Å². The summed E-state index contributed by atoms with van der Waals surface area (Å²) >= 11 is 6.04. The van der Waals surface area contributed by atoms with E-state index in [2.05, 4.69) is 0 Å². The van der Waals surface area contributed by atoms with Crippen LogP contribution in [0.4, 0.5) is 0 Å². The largest absolute Gasteiger partial charge is 0.369 e. The number of Topliss-reactive ketones (excluding diaryl/α,β-unsaturated/α-hetero) is 1. The lowest BCUT2D eigenvalue weighted by atomic mass is 10.1. The van der Waals surface area contributed by atoms with Gasteiger partial charge in [0.2, 0.25) is 0 Å². The number of hydrogen-bond acceptors (Lipinski definition) is 2. The third kappa shape index (κ3) is 3.92. The molecule has 0 atom stereocenters. The number of halogens is 1. The van der Waals surface area contributed by atoms with E-state index in [0.29, 0.717) is 17.2 Å². The first-order valence-electron chi connectivity index (χ1n) is 6.64. The van der Waals surface area contributed by atoms with Gasteiger partial charge >= 0.3 is 0 Å². The summed E-state index contributed by atoms with van der Waals surface area (Å²) in [4.78, 5) is 12.0. The number of benzene rings is 2. The Morgan fingerprint density at radius 3 is 2.60 bits per heavy atom. The van der Waals surface area contributed by atoms with Crippen molar-refractivity contribution in [1.29, 1.82) is 0 Å². The lowest BCUT2D eigenvalue weighted by Crippen LogP contribution is -2.09. The highest BCUT2D eigenvalue weighted by molar-refractivity contribution is 6.31. The molecule has 0 aliphatic heterocycles. The molecule has 0 fully saturated rings. The highest BCUT2D eigenvalue weighted by Crippen LogP contribution is 2.18. The maximum Gasteiger partial charge on any atom is 0.188 e. The van der Waals surface area contributed by atoms with Crippen molar-refractivity contribution in [3.63, 3.8) is 0 Å². The van der Waals surface area contributed by atoms with Crippen molar-refractivity contribution in [2.75, 3.05) is 6.61 Å². The third-order valence-electron chi connectivity index (χ3n) is 3.09. The molecule has 0 radical (unpaired) electrons. The van der Waals surface area contributed by atoms with Crippen LogP contribution in [0.1, 0.15) is 28.4 Å². The molecule has 0 spiro atoms. The molecule has 0 aliphatic carbocycles. The molecular formula is C17H17ClO2. The fourth-order valence-corrected chi connectivity index (χ4v) is 2.19. The molecule has 0 heterocycles. The number of carbonyl (C=O) groups excluding carboxylic acids is 1. The van der Waals surface area contributed by atoms with Gasteiger partial charge in [0.05, 0.1) is 6.61 Å². The fourth-order valence-electron chi connectivity index (χ4n) is 1.94. The summed E-state index contributed by atoms with van der Waals surface area (Å²) in [5.41, 5.74) is 2.70. The van der Waals surface area contributed by atoms with E-state index in [0.717, 1.165) is 17.5 Å². The van der Waals surface area contributed by atoms with E-state index in [4.69, 9.17) is 16.3 Å². The zero-order chi connectivity index (χ0) is 14.4. The monoisotopic (exact) mass is 288 g/mol. The highest BCUT2D eigenvalue weighted by Gasteiger charge is 2.08. The molecule has 2 aromatic rings. The van der Waals surface area contributed by atoms with E-state index in [1.54, 1.807) is 12.1 Å². The van der Waals surface area contributed by atoms with E-state index in [9.17, 15) is 4.79 Å². The second-order valence-corrected chi connectivity index (χ2v) is 4.97. The Morgan fingerprint density at radius 1 is 1.15 bits per heavy atom. The first-order valence-corrected chi connectivity index (χ1v) is 7.01. The summed E-state index contributed by atoms with van der Waals surface area (Å²) in [5.74, 6) is -0.0210. The Hall–Kier alpha value is -1.64. The molecule has 3 heteroatoms. The van der Waals surface area contributed by atoms with E-state index in [-0.39, 0.29) is 12.4 Å². The van der Waals surface area contributed by atoms with Gasteiger partial charge in [-0.05, 0) is 35.7 Å². The molecule has 0 bridgehead atoms. The molecule has 0 aromatic heterocycles. The number of ether oxygens (including phenoxy) is 1. The zero-order valence-corrected chi connectivity index (χ0v) is 12.2. The predicted molar refractivity (Wildman–Crippen MR) is 81.3 cm³/mol. The van der Waals surface area contributed by atoms with Crippen LogP contribution in [-0.2, 0) is 17.8 Å². The number of aryl methyl sites for hydroxylation is 1. The van der Waals surface area contributed by atoms with Crippen molar-refractivity contribution in [1.82, 2.24) is 0 Å². The van der Waals surface area contributed by atoms with Gasteiger partial charge in [0, 0.05) is 10.6 Å². The average molecular weight is 289 g/mol. The Balaban J connectivity index is 1.92. The maximum atomic E-state index is 12.0. The van der Waals surface area contributed by atoms with Crippen molar-refractivity contribution < 1.29 is 9.53 Å². The molecule has 104 valence electrons. The van der Waals surface area contributed by atoms with Crippen LogP contribution in [0, 0.1) is 0 Å². The standard InChI is InChI=1S/C17H17ClO2/c1-2-14-10-15(8-9-16(14)18)17(19)12-20-11-13-6-4-3-5-7-13/h3-10H,2,11-12H2,1H3. The SMILES string of the molecule is CCc1cc(C(=O)COCc2ccccc2)ccc1Cl. The first-order chi connectivity index (χ1) is 9.70. The smallest absolute Gasteiger partial charge is 0.188 e. The average Bonchev–Trinajstić information content (AvgIpc) is 2.48. The van der Waals surface area contributed by atoms with Crippen LogP contribution < -0.4 is 0 Å². The lowest BCUT2D eigenvalue weighted by Gasteiger charge is -2.06. The van der Waals surface area contributed by atoms with Gasteiger partial charge in [-0.1, -0.05) is 48.9 Å². The van der Waals surface area contributed by atoms with Gasteiger partial charge in [-0.2, -0.15) is 0 Å². The van der Waals surface area contributed by atoms with Gasteiger partial charge in [-0.3, -0.25) is 4.79 Å². The summed E-state index contributed by atoms with van der Waals surface area (Å²) in [7, 11) is 0. The van der Waals surface area contributed by atoms with E-state index in [1.807, 2.05) is 43.3 Å². The minimum Gasteiger partial charge on any atom is -0.369 e. The molecule has 0 aliphatic rings. The second kappa shape index (κ2) is 7.22. The molecule has 2 nitrogen and oxygen atoms in total. The van der Waals surface area contributed by atoms with E-state index < -0.39 is 0 Å². The summed E-state index contributed by atoms with van der Waals surface area (Å²) in [6.45, 7) is 2.54. The van der Waals surface area contributed by atoms with Crippen molar-refractivity contribution in [2.24, 2.45) is 0 Å². The minimum atomic E-state index is -0.0210. The summed E-state index contributed by atoms with van der Waals surface area (Å²) in [6, 6.07) is 15.2. The molecule has 2 aromatic carbocycles. The van der Waals surface area contributed by atoms with Crippen LogP contribution in [0.2, 0.25) is 5.02 Å². The van der Waals surface area contributed by atoms with Crippen LogP contribution in [0.3, 0.4) is 0 Å². The van der Waals surface area contributed by atoms with E-state index >= 15 is 0 Å². The van der Waals surface area contributed by atoms with Gasteiger partial charge in [0.1, 0.15) is 6.61 Å². The fraction of sp³-hybridized carbons (Fsp3) is 0.235. The highest BCUT2D eigenvalue weighted by atomic mass is 35.5. The molecule has 0 saturated carbocycles. The van der Waals surface area contributed by atoms with Gasteiger partial charge in [0.25, 0.3) is 0 Å². The van der Waals surface area contributed by atoms with Crippen molar-refractivity contribution in [3.05, 3.63) is 70.2 Å². The first kappa shape index (κ1) is 14.8. The Labute approximate surface area is 124 Å². The molecular weight excluding hydrogens is 272 g/mol. The van der Waals surface area contributed by atoms with Gasteiger partial charge in [-0.25, -0.2) is 0 Å². The topological polar surface area (TPSA) is 26.3 Å². The quantitative estimate of drug-likeness (QED) is 0.741. The Kier molecular flexibility index (Phi) is 5.33. The third-order valence-corrected chi connectivity index (χ3v) is 3.46. The Morgan fingerprint density at radius 2 is 1.90 bits per heavy atom. The lowest BCUT2D eigenvalue weighted by molar-refractivity contribution is 0.0726. The normalized spacial score (nSPS) is 10.5. The van der Waals surface area contributed by atoms with Crippen LogP contribution in [0.5, 0.6) is 0 Å². The molecule has 20 heavy (non-hydrogen) atoms. The van der Waals surface area contributed by atoms with Crippen molar-refractivity contribution in [3.8, 4) is 0 Å². The number of ketones is 1. The summed E-state index contributed by atoms with van der Waals surface area (Å²) in [6.07, 6.45) is 0.810. The molecule has 0 amide bonds. The van der Waals surface area contributed by atoms with Crippen LogP contribution in [0.15, 0.2) is 48.5 Å². The molecule has 0 unspecified atom stereocenters. The van der Waals surface area contributed by atoms with Gasteiger partial charge in [-0.15, -0.1) is 0 Å². The van der Waals surface area contributed by atoms with Gasteiger partial charge in [0.15, 0.2) is 5.78 Å². The predicted octanol–water partition coefficient (Wildman–Crippen LogP) is 4.30. The number of hydrogen-bond donors (Lipinski definition) is 0. The van der Waals surface area contributed by atoms with Crippen LogP contribution in [0.25, 0.3) is 0 Å². The van der Waals surface area contributed by atoms with E-state index in [1.165, 1.54) is 0 Å². The summed E-state index contributed by atoms with van der Waals surface area (Å²) in [5, 5.41) is 0.703. The second-order valence-electron chi connectivity index (χ2n) is 4.56. The van der Waals surface area contributed by atoms with Gasteiger partial charge < -0.3 is 4.74 Å². The van der Waals surface area contributed by atoms with Crippen molar-refractivity contribution >= 4 is 17.4 Å². The molecule has 0 N–H and O–H groups in total. The zero-order valence-electron chi connectivity index (χ0n) is 11.4. The Bertz CT molecular complexity index is 579. The van der Waals surface area contributed by atoms with Crippen LogP contribution >= 0.6 is 11.6 Å². The van der Waals surface area contributed by atoms with Crippen LogP contribution in [-0.4, -0.2) is 12.4 Å².